The molecule has 128 valence electrons. The summed E-state index contributed by atoms with van der Waals surface area (Å²) in [5, 5.41) is 0.479. The van der Waals surface area contributed by atoms with Gasteiger partial charge in [-0.25, -0.2) is 0 Å². The summed E-state index contributed by atoms with van der Waals surface area (Å²) in [5.41, 5.74) is -0.584. The Balaban J connectivity index is 1.67. The van der Waals surface area contributed by atoms with Gasteiger partial charge in [0.2, 0.25) is 0 Å². The van der Waals surface area contributed by atoms with Gasteiger partial charge in [-0.15, -0.1) is 5.06 Å². The van der Waals surface area contributed by atoms with Gasteiger partial charge in [-0.3, -0.25) is 19.2 Å². The fourth-order valence-corrected chi connectivity index (χ4v) is 2.34. The number of ketones is 1. The van der Waals surface area contributed by atoms with Gasteiger partial charge in [0.1, 0.15) is 6.61 Å². The number of Topliss-reactive ketones (excluding diaryl/α,β-unsaturated/α-hetero) is 1. The summed E-state index contributed by atoms with van der Waals surface area (Å²) in [5.74, 6) is -2.05. The first-order chi connectivity index (χ1) is 11.8. The average molecular weight is 349 g/mol. The maximum absolute atomic E-state index is 12.5. The summed E-state index contributed by atoms with van der Waals surface area (Å²) in [6.45, 7) is -0.656. The average Bonchev–Trinajstić information content (AvgIpc) is 2.83. The van der Waals surface area contributed by atoms with E-state index < -0.39 is 35.9 Å². The number of nitrogens with zero attached hydrogens (tertiary/aromatic N) is 1. The molecule has 0 N–H and O–H groups in total. The number of rotatable bonds is 4. The van der Waals surface area contributed by atoms with Gasteiger partial charge in [0.05, 0.1) is 16.7 Å². The maximum Gasteiger partial charge on any atom is 0.416 e. The highest BCUT2D eigenvalue weighted by atomic mass is 19.4. The van der Waals surface area contributed by atoms with Crippen LogP contribution in [-0.4, -0.2) is 29.3 Å². The first kappa shape index (κ1) is 16.8. The van der Waals surface area contributed by atoms with Crippen molar-refractivity contribution in [2.24, 2.45) is 0 Å². The van der Waals surface area contributed by atoms with Crippen LogP contribution < -0.4 is 0 Å². The third-order valence-corrected chi connectivity index (χ3v) is 3.62. The second-order valence-electron chi connectivity index (χ2n) is 5.22. The lowest BCUT2D eigenvalue weighted by Crippen LogP contribution is -2.32. The molecule has 0 spiro atoms. The monoisotopic (exact) mass is 349 g/mol. The fourth-order valence-electron chi connectivity index (χ4n) is 2.34. The first-order valence-corrected chi connectivity index (χ1v) is 7.10. The van der Waals surface area contributed by atoms with Gasteiger partial charge >= 0.3 is 6.18 Å². The molecule has 0 radical (unpaired) electrons. The Morgan fingerprint density at radius 1 is 0.920 bits per heavy atom. The van der Waals surface area contributed by atoms with E-state index in [0.717, 1.165) is 24.3 Å². The number of carbonyl (C=O) groups is 3. The third-order valence-electron chi connectivity index (χ3n) is 3.62. The van der Waals surface area contributed by atoms with Crippen LogP contribution in [0.15, 0.2) is 48.5 Å². The quantitative estimate of drug-likeness (QED) is 0.628. The van der Waals surface area contributed by atoms with E-state index in [1.165, 1.54) is 12.1 Å². The Kier molecular flexibility index (Phi) is 4.13. The minimum atomic E-state index is -4.50. The fraction of sp³-hybridized carbons (Fsp3) is 0.118. The Bertz CT molecular complexity index is 824. The molecule has 0 saturated carbocycles. The van der Waals surface area contributed by atoms with Crippen molar-refractivity contribution in [3.63, 3.8) is 0 Å². The molecular formula is C17H10F3NO4. The van der Waals surface area contributed by atoms with Crippen molar-refractivity contribution in [1.29, 1.82) is 0 Å². The van der Waals surface area contributed by atoms with Crippen LogP contribution in [0.3, 0.4) is 0 Å². The minimum Gasteiger partial charge on any atom is -0.291 e. The highest BCUT2D eigenvalue weighted by Crippen LogP contribution is 2.29. The molecule has 2 amide bonds. The molecule has 0 aliphatic carbocycles. The largest absolute Gasteiger partial charge is 0.416 e. The number of hydrogen-bond donors (Lipinski definition) is 0. The number of hydrogen-bond acceptors (Lipinski definition) is 4. The lowest BCUT2D eigenvalue weighted by Gasteiger charge is -2.13. The van der Waals surface area contributed by atoms with Crippen molar-refractivity contribution in [3.8, 4) is 0 Å². The summed E-state index contributed by atoms with van der Waals surface area (Å²) in [6.07, 6.45) is -4.50. The summed E-state index contributed by atoms with van der Waals surface area (Å²) < 4.78 is 37.5. The Morgan fingerprint density at radius 2 is 1.44 bits per heavy atom. The molecule has 0 bridgehead atoms. The molecule has 0 aromatic heterocycles. The lowest BCUT2D eigenvalue weighted by atomic mass is 10.1. The minimum absolute atomic E-state index is 0.0235. The van der Waals surface area contributed by atoms with E-state index in [9.17, 15) is 27.6 Å². The second kappa shape index (κ2) is 6.14. The summed E-state index contributed by atoms with van der Waals surface area (Å²) >= 11 is 0. The molecule has 1 aliphatic rings. The van der Waals surface area contributed by atoms with E-state index in [1.54, 1.807) is 12.1 Å². The van der Waals surface area contributed by atoms with Gasteiger partial charge in [0.25, 0.3) is 11.8 Å². The van der Waals surface area contributed by atoms with Crippen LogP contribution in [-0.2, 0) is 11.0 Å². The number of amides is 2. The van der Waals surface area contributed by atoms with Gasteiger partial charge in [0.15, 0.2) is 5.78 Å². The molecule has 1 aliphatic heterocycles. The number of fused-ring (bicyclic) bond motifs is 1. The standard InChI is InChI=1S/C17H10F3NO4/c18-17(19,20)11-7-5-10(6-8-11)14(22)9-25-21-15(23)12-3-1-2-4-13(12)16(21)24/h1-8H,9H2. The Labute approximate surface area is 139 Å². The second-order valence-corrected chi connectivity index (χ2v) is 5.22. The smallest absolute Gasteiger partial charge is 0.291 e. The van der Waals surface area contributed by atoms with E-state index in [1.807, 2.05) is 0 Å². The van der Waals surface area contributed by atoms with Gasteiger partial charge in [-0.05, 0) is 24.3 Å². The molecule has 25 heavy (non-hydrogen) atoms. The normalized spacial score (nSPS) is 14.0. The van der Waals surface area contributed by atoms with Crippen molar-refractivity contribution in [1.82, 2.24) is 5.06 Å². The molecule has 0 unspecified atom stereocenters. The van der Waals surface area contributed by atoms with E-state index in [2.05, 4.69) is 0 Å². The molecular weight excluding hydrogens is 339 g/mol. The number of carbonyl (C=O) groups excluding carboxylic acids is 3. The van der Waals surface area contributed by atoms with Gasteiger partial charge in [-0.2, -0.15) is 13.2 Å². The maximum atomic E-state index is 12.5. The van der Waals surface area contributed by atoms with Crippen LogP contribution >= 0.6 is 0 Å². The van der Waals surface area contributed by atoms with Gasteiger partial charge in [0, 0.05) is 5.56 Å². The highest BCUT2D eigenvalue weighted by Gasteiger charge is 2.37. The Hall–Kier alpha value is -3.00. The zero-order valence-corrected chi connectivity index (χ0v) is 12.5. The molecule has 0 saturated heterocycles. The molecule has 0 fully saturated rings. The van der Waals surface area contributed by atoms with Gasteiger partial charge < -0.3 is 0 Å². The van der Waals surface area contributed by atoms with Crippen LogP contribution in [0.4, 0.5) is 13.2 Å². The van der Waals surface area contributed by atoms with Crippen molar-refractivity contribution in [2.45, 2.75) is 6.18 Å². The van der Waals surface area contributed by atoms with E-state index in [-0.39, 0.29) is 16.7 Å². The topological polar surface area (TPSA) is 63.7 Å². The zero-order chi connectivity index (χ0) is 18.2. The van der Waals surface area contributed by atoms with Crippen LogP contribution in [0.2, 0.25) is 0 Å². The lowest BCUT2D eigenvalue weighted by molar-refractivity contribution is -0.137. The third kappa shape index (κ3) is 3.16. The molecule has 5 nitrogen and oxygen atoms in total. The van der Waals surface area contributed by atoms with Crippen molar-refractivity contribution in [3.05, 3.63) is 70.8 Å². The molecule has 1 heterocycles. The van der Waals surface area contributed by atoms with E-state index in [4.69, 9.17) is 4.84 Å². The highest BCUT2D eigenvalue weighted by molar-refractivity contribution is 6.20. The number of imide groups is 1. The first-order valence-electron chi connectivity index (χ1n) is 7.10. The van der Waals surface area contributed by atoms with E-state index >= 15 is 0 Å². The number of halogens is 3. The van der Waals surface area contributed by atoms with E-state index in [0.29, 0.717) is 5.06 Å². The number of hydroxylamine groups is 2. The predicted octanol–water partition coefficient (Wildman–Crippen LogP) is 3.12. The molecule has 2 aromatic rings. The van der Waals surface area contributed by atoms with Crippen molar-refractivity contribution < 1.29 is 32.4 Å². The van der Waals surface area contributed by atoms with Crippen LogP contribution in [0.25, 0.3) is 0 Å². The van der Waals surface area contributed by atoms with Crippen LogP contribution in [0.5, 0.6) is 0 Å². The molecule has 3 rings (SSSR count). The summed E-state index contributed by atoms with van der Waals surface area (Å²) in [6, 6.07) is 9.65. The molecule has 0 atom stereocenters. The van der Waals surface area contributed by atoms with Crippen molar-refractivity contribution in [2.75, 3.05) is 6.61 Å². The number of alkyl halides is 3. The zero-order valence-electron chi connectivity index (χ0n) is 12.5. The predicted molar refractivity (Wildman–Crippen MR) is 78.7 cm³/mol. The Morgan fingerprint density at radius 3 is 1.92 bits per heavy atom. The van der Waals surface area contributed by atoms with Crippen LogP contribution in [0.1, 0.15) is 36.6 Å². The number of benzene rings is 2. The van der Waals surface area contributed by atoms with Crippen molar-refractivity contribution >= 4 is 17.6 Å². The SMILES string of the molecule is O=C(CON1C(=O)c2ccccc2C1=O)c1ccc(C(F)(F)F)cc1. The summed E-state index contributed by atoms with van der Waals surface area (Å²) in [7, 11) is 0. The van der Waals surface area contributed by atoms with Crippen LogP contribution in [0, 0.1) is 0 Å². The summed E-state index contributed by atoms with van der Waals surface area (Å²) in [4.78, 5) is 41.1. The molecule has 2 aromatic carbocycles. The van der Waals surface area contributed by atoms with Gasteiger partial charge in [-0.1, -0.05) is 24.3 Å². The molecule has 8 heteroatoms.